The molecule has 2 aliphatic rings. The summed E-state index contributed by atoms with van der Waals surface area (Å²) in [5.74, 6) is 0.142. The van der Waals surface area contributed by atoms with Crippen LogP contribution in [-0.2, 0) is 16.1 Å². The molecule has 3 rings (SSSR count). The van der Waals surface area contributed by atoms with E-state index in [0.717, 1.165) is 52.0 Å². The third-order valence-electron chi connectivity index (χ3n) is 5.19. The van der Waals surface area contributed by atoms with Crippen LogP contribution < -0.4 is 0 Å². The fourth-order valence-electron chi connectivity index (χ4n) is 3.91. The van der Waals surface area contributed by atoms with Gasteiger partial charge in [-0.05, 0) is 45.2 Å². The Hall–Kier alpha value is -0.690. The van der Waals surface area contributed by atoms with Crippen LogP contribution >= 0.6 is 27.0 Å². The number of likely N-dealkylation sites (tertiary alicyclic amines) is 1. The van der Waals surface area contributed by atoms with E-state index in [9.17, 15) is 4.79 Å². The molecule has 25 heavy (non-hydrogen) atoms. The summed E-state index contributed by atoms with van der Waals surface area (Å²) in [6, 6.07) is 10.7. The van der Waals surface area contributed by atoms with Crippen LogP contribution in [0.1, 0.15) is 38.7 Å². The number of hydrogen-bond acceptors (Lipinski definition) is 3. The first-order chi connectivity index (χ1) is 11.1. The fraction of sp³-hybridized carbons (Fsp3) is 0.632. The van der Waals surface area contributed by atoms with Crippen LogP contribution in [0.15, 0.2) is 30.3 Å². The summed E-state index contributed by atoms with van der Waals surface area (Å²) in [6.45, 7) is 8.64. The van der Waals surface area contributed by atoms with Gasteiger partial charge in [-0.2, -0.15) is 27.0 Å². The molecule has 2 fully saturated rings. The van der Waals surface area contributed by atoms with E-state index in [1.807, 2.05) is 11.8 Å². The Morgan fingerprint density at radius 3 is 2.56 bits per heavy atom. The van der Waals surface area contributed by atoms with Crippen molar-refractivity contribution in [1.82, 2.24) is 9.80 Å². The molecule has 2 aliphatic heterocycles. The molecule has 1 aromatic rings. The molecule has 0 radical (unpaired) electrons. The second-order valence-electron chi connectivity index (χ2n) is 6.91. The predicted octanol–water partition coefficient (Wildman–Crippen LogP) is 2.90. The Kier molecular flexibility index (Phi) is 8.81. The molecule has 0 N–H and O–H groups in total. The smallest absolute Gasteiger partial charge is 0.251 e. The Balaban J connectivity index is 0.00000156. The van der Waals surface area contributed by atoms with Gasteiger partial charge in [0, 0.05) is 26.2 Å². The minimum absolute atomic E-state index is 0. The lowest BCUT2D eigenvalue weighted by molar-refractivity contribution is -0.182. The summed E-state index contributed by atoms with van der Waals surface area (Å²) in [5.41, 5.74) is 1.22. The summed E-state index contributed by atoms with van der Waals surface area (Å²) in [4.78, 5) is 16.7. The zero-order valence-electron chi connectivity index (χ0n) is 15.3. The van der Waals surface area contributed by atoms with Gasteiger partial charge in [0.05, 0.1) is 5.60 Å². The van der Waals surface area contributed by atoms with Crippen LogP contribution in [0.2, 0.25) is 0 Å². The van der Waals surface area contributed by atoms with Crippen molar-refractivity contribution in [2.75, 3.05) is 26.2 Å². The van der Waals surface area contributed by atoms with Crippen molar-refractivity contribution < 1.29 is 9.53 Å². The van der Waals surface area contributed by atoms with E-state index in [1.54, 1.807) is 0 Å². The molecule has 4 nitrogen and oxygen atoms in total. The van der Waals surface area contributed by atoms with Crippen molar-refractivity contribution in [3.05, 3.63) is 35.9 Å². The monoisotopic (exact) mass is 384 g/mol. The second kappa shape index (κ2) is 9.86. The van der Waals surface area contributed by atoms with E-state index < -0.39 is 0 Å². The van der Waals surface area contributed by atoms with Gasteiger partial charge < -0.3 is 9.64 Å². The van der Waals surface area contributed by atoms with Crippen molar-refractivity contribution in [3.8, 4) is 0 Å². The average molecular weight is 385 g/mol. The maximum absolute atomic E-state index is 12.2. The number of carbonyl (C=O) groups excluding carboxylic acids is 1. The number of carbonyl (C=O) groups is 1. The van der Waals surface area contributed by atoms with E-state index in [0.29, 0.717) is 0 Å². The van der Waals surface area contributed by atoms with Crippen LogP contribution in [-0.4, -0.2) is 53.6 Å². The molecule has 0 unspecified atom stereocenters. The van der Waals surface area contributed by atoms with Gasteiger partial charge in [-0.3, -0.25) is 9.69 Å². The molecular formula is C19H32N2O2S2. The molecule has 2 heterocycles. The molecule has 6 heteroatoms. The molecule has 0 aromatic heterocycles. The van der Waals surface area contributed by atoms with Gasteiger partial charge in [0.25, 0.3) is 5.91 Å². The van der Waals surface area contributed by atoms with Crippen LogP contribution in [0.5, 0.6) is 0 Å². The molecule has 0 bridgehead atoms. The Labute approximate surface area is 165 Å². The molecule has 1 spiro atoms. The van der Waals surface area contributed by atoms with Crippen molar-refractivity contribution >= 4 is 32.9 Å². The number of morpholine rings is 1. The Morgan fingerprint density at radius 2 is 1.88 bits per heavy atom. The SMILES string of the molecule is CCN1C[C@@]2(CCCN(Cc3ccccc3)CC2)O[C@@H](C)C1=O.S.S. The first-order valence-corrected chi connectivity index (χ1v) is 8.85. The summed E-state index contributed by atoms with van der Waals surface area (Å²) >= 11 is 0. The van der Waals surface area contributed by atoms with Gasteiger partial charge in [0.15, 0.2) is 0 Å². The topological polar surface area (TPSA) is 32.8 Å². The summed E-state index contributed by atoms with van der Waals surface area (Å²) in [5, 5.41) is 0. The molecular weight excluding hydrogens is 352 g/mol. The number of ether oxygens (including phenoxy) is 1. The normalized spacial score (nSPS) is 27.4. The highest BCUT2D eigenvalue weighted by atomic mass is 32.1. The largest absolute Gasteiger partial charge is 0.360 e. The van der Waals surface area contributed by atoms with Gasteiger partial charge >= 0.3 is 0 Å². The Morgan fingerprint density at radius 1 is 1.16 bits per heavy atom. The molecule has 142 valence electrons. The third kappa shape index (κ3) is 5.39. The summed E-state index contributed by atoms with van der Waals surface area (Å²) in [6.07, 6.45) is 2.88. The molecule has 1 aromatic carbocycles. The predicted molar refractivity (Wildman–Crippen MR) is 112 cm³/mol. The van der Waals surface area contributed by atoms with E-state index >= 15 is 0 Å². The molecule has 0 aliphatic carbocycles. The number of likely N-dealkylation sites (N-methyl/N-ethyl adjacent to an activating group) is 1. The van der Waals surface area contributed by atoms with E-state index in [4.69, 9.17) is 4.74 Å². The fourth-order valence-corrected chi connectivity index (χ4v) is 3.91. The number of amides is 1. The van der Waals surface area contributed by atoms with Crippen LogP contribution in [0.3, 0.4) is 0 Å². The van der Waals surface area contributed by atoms with Crippen molar-refractivity contribution in [3.63, 3.8) is 0 Å². The van der Waals surface area contributed by atoms with Gasteiger partial charge in [0.2, 0.25) is 0 Å². The first kappa shape index (κ1) is 22.4. The minimum atomic E-state index is -0.302. The average Bonchev–Trinajstić information content (AvgIpc) is 2.75. The Bertz CT molecular complexity index is 543. The lowest BCUT2D eigenvalue weighted by atomic mass is 9.91. The number of nitrogens with zero attached hydrogens (tertiary/aromatic N) is 2. The highest BCUT2D eigenvalue weighted by Crippen LogP contribution is 2.33. The van der Waals surface area contributed by atoms with E-state index in [-0.39, 0.29) is 44.6 Å². The van der Waals surface area contributed by atoms with E-state index in [1.165, 1.54) is 5.56 Å². The van der Waals surface area contributed by atoms with Crippen molar-refractivity contribution in [2.24, 2.45) is 0 Å². The zero-order chi connectivity index (χ0) is 16.3. The zero-order valence-corrected chi connectivity index (χ0v) is 17.3. The van der Waals surface area contributed by atoms with E-state index in [2.05, 4.69) is 42.2 Å². The third-order valence-corrected chi connectivity index (χ3v) is 5.19. The van der Waals surface area contributed by atoms with Crippen LogP contribution in [0.25, 0.3) is 0 Å². The number of benzene rings is 1. The standard InChI is InChI=1S/C19H28N2O2.2H2S/c1-3-21-15-19(23-16(2)18(21)22)10-7-12-20(13-11-19)14-17-8-5-4-6-9-17;;/h4-6,8-9,16H,3,7,10-15H2,1-2H3;2*1H2/t16-,19-;;/m0../s1. The van der Waals surface area contributed by atoms with Gasteiger partial charge in [-0.1, -0.05) is 30.3 Å². The van der Waals surface area contributed by atoms with Crippen LogP contribution in [0.4, 0.5) is 0 Å². The number of hydrogen-bond donors (Lipinski definition) is 0. The minimum Gasteiger partial charge on any atom is -0.360 e. The summed E-state index contributed by atoms with van der Waals surface area (Å²) < 4.78 is 6.22. The molecule has 0 saturated carbocycles. The number of rotatable bonds is 3. The molecule has 2 atom stereocenters. The van der Waals surface area contributed by atoms with Crippen LogP contribution in [0, 0.1) is 0 Å². The summed E-state index contributed by atoms with van der Waals surface area (Å²) in [7, 11) is 0. The van der Waals surface area contributed by atoms with Crippen molar-refractivity contribution in [1.29, 1.82) is 0 Å². The van der Waals surface area contributed by atoms with Gasteiger partial charge in [0.1, 0.15) is 6.10 Å². The molecule has 1 amide bonds. The molecule has 2 saturated heterocycles. The lowest BCUT2D eigenvalue weighted by Gasteiger charge is -2.44. The quantitative estimate of drug-likeness (QED) is 0.803. The van der Waals surface area contributed by atoms with Gasteiger partial charge in [-0.15, -0.1) is 0 Å². The maximum atomic E-state index is 12.2. The maximum Gasteiger partial charge on any atom is 0.251 e. The van der Waals surface area contributed by atoms with Crippen molar-refractivity contribution in [2.45, 2.75) is 51.4 Å². The van der Waals surface area contributed by atoms with Gasteiger partial charge in [-0.25, -0.2) is 0 Å². The highest BCUT2D eigenvalue weighted by molar-refractivity contribution is 7.59. The second-order valence-corrected chi connectivity index (χ2v) is 6.91. The highest BCUT2D eigenvalue weighted by Gasteiger charge is 2.43. The first-order valence-electron chi connectivity index (χ1n) is 8.85. The lowest BCUT2D eigenvalue weighted by Crippen LogP contribution is -2.58.